The molecule has 1 aliphatic heterocycles. The van der Waals surface area contributed by atoms with Crippen LogP contribution in [0.2, 0.25) is 0 Å². The summed E-state index contributed by atoms with van der Waals surface area (Å²) < 4.78 is 32.5. The average Bonchev–Trinajstić information content (AvgIpc) is 3.56. The average molecular weight is 580 g/mol. The van der Waals surface area contributed by atoms with Crippen molar-refractivity contribution in [1.82, 2.24) is 14.5 Å². The fourth-order valence-electron chi connectivity index (χ4n) is 4.94. The summed E-state index contributed by atoms with van der Waals surface area (Å²) in [6, 6.07) is 22.2. The summed E-state index contributed by atoms with van der Waals surface area (Å²) >= 11 is 0. The van der Waals surface area contributed by atoms with Crippen LogP contribution in [-0.2, 0) is 32.6 Å². The molecular weight excluding hydrogens is 542 g/mol. The molecule has 0 aromatic heterocycles. The third-order valence-corrected chi connectivity index (χ3v) is 9.09. The molecule has 1 heterocycles. The van der Waals surface area contributed by atoms with Crippen LogP contribution in [0.5, 0.6) is 5.75 Å². The van der Waals surface area contributed by atoms with Gasteiger partial charge >= 0.3 is 0 Å². The number of sulfonamides is 1. The Morgan fingerprint density at radius 3 is 2.20 bits per heavy atom. The second kappa shape index (κ2) is 14.2. The molecule has 2 N–H and O–H groups in total. The number of nitrogens with zero attached hydrogens (tertiary/aromatic N) is 2. The van der Waals surface area contributed by atoms with E-state index in [0.29, 0.717) is 30.8 Å². The predicted octanol–water partition coefficient (Wildman–Crippen LogP) is 3.29. The van der Waals surface area contributed by atoms with Crippen molar-refractivity contribution in [2.75, 3.05) is 33.4 Å². The zero-order valence-electron chi connectivity index (χ0n) is 23.2. The van der Waals surface area contributed by atoms with E-state index in [1.165, 1.54) is 4.31 Å². The fraction of sp³-hybridized carbons (Fsp3) is 0.355. The number of ether oxygens (including phenoxy) is 1. The number of benzene rings is 3. The molecule has 1 unspecified atom stereocenters. The molecule has 0 bridgehead atoms. The maximum absolute atomic E-state index is 13.8. The van der Waals surface area contributed by atoms with E-state index >= 15 is 0 Å². The molecule has 3 aromatic carbocycles. The first kappa shape index (κ1) is 30.2. The number of carbonyl (C=O) groups excluding carboxylic acids is 2. The van der Waals surface area contributed by atoms with Gasteiger partial charge in [0.1, 0.15) is 11.8 Å². The molecule has 1 fully saturated rings. The van der Waals surface area contributed by atoms with Crippen LogP contribution in [0.15, 0.2) is 83.8 Å². The van der Waals surface area contributed by atoms with Crippen LogP contribution >= 0.6 is 0 Å². The minimum Gasteiger partial charge on any atom is -0.497 e. The Morgan fingerprint density at radius 2 is 1.59 bits per heavy atom. The number of rotatable bonds is 13. The molecule has 0 saturated carbocycles. The highest BCUT2D eigenvalue weighted by Gasteiger charge is 2.31. The van der Waals surface area contributed by atoms with Gasteiger partial charge in [-0.25, -0.2) is 8.42 Å². The third kappa shape index (κ3) is 7.72. The number of aryl methyl sites for hydroxylation is 1. The molecule has 41 heavy (non-hydrogen) atoms. The SMILES string of the molecule is COc1ccc(CN(C(=O)CCc2ccc(S(=O)(=O)N3CCCC3)cc2)C(C(=O)NCCO)c2ccccc2)cc1. The molecule has 9 nitrogen and oxygen atoms in total. The van der Waals surface area contributed by atoms with Crippen LogP contribution < -0.4 is 10.1 Å². The molecule has 0 aliphatic carbocycles. The Bertz CT molecular complexity index is 1390. The first-order valence-electron chi connectivity index (χ1n) is 13.8. The van der Waals surface area contributed by atoms with E-state index in [-0.39, 0.29) is 42.8 Å². The topological polar surface area (TPSA) is 116 Å². The van der Waals surface area contributed by atoms with Gasteiger partial charge in [0.2, 0.25) is 21.8 Å². The number of hydrogen-bond donors (Lipinski definition) is 2. The van der Waals surface area contributed by atoms with Crippen molar-refractivity contribution in [2.24, 2.45) is 0 Å². The van der Waals surface area contributed by atoms with Gasteiger partial charge < -0.3 is 20.1 Å². The highest BCUT2D eigenvalue weighted by molar-refractivity contribution is 7.89. The second-order valence-corrected chi connectivity index (χ2v) is 11.9. The maximum Gasteiger partial charge on any atom is 0.247 e. The Hall–Kier alpha value is -3.73. The molecule has 3 aromatic rings. The smallest absolute Gasteiger partial charge is 0.247 e. The molecule has 4 rings (SSSR count). The molecule has 1 atom stereocenters. The lowest BCUT2D eigenvalue weighted by atomic mass is 10.0. The summed E-state index contributed by atoms with van der Waals surface area (Å²) in [7, 11) is -1.93. The zero-order valence-corrected chi connectivity index (χ0v) is 24.1. The summed E-state index contributed by atoms with van der Waals surface area (Å²) in [5.74, 6) is 0.0632. The minimum atomic E-state index is -3.51. The lowest BCUT2D eigenvalue weighted by Gasteiger charge is -2.32. The molecule has 218 valence electrons. The lowest BCUT2D eigenvalue weighted by molar-refractivity contribution is -0.141. The highest BCUT2D eigenvalue weighted by Crippen LogP contribution is 2.26. The Kier molecular flexibility index (Phi) is 10.5. The van der Waals surface area contributed by atoms with Crippen LogP contribution in [0.25, 0.3) is 0 Å². The molecule has 0 radical (unpaired) electrons. The lowest BCUT2D eigenvalue weighted by Crippen LogP contribution is -2.44. The number of aliphatic hydroxyl groups excluding tert-OH is 1. The minimum absolute atomic E-state index is 0.0689. The first-order valence-corrected chi connectivity index (χ1v) is 15.2. The monoisotopic (exact) mass is 579 g/mol. The van der Waals surface area contributed by atoms with Gasteiger partial charge in [-0.15, -0.1) is 0 Å². The van der Waals surface area contributed by atoms with E-state index in [2.05, 4.69) is 5.32 Å². The Balaban J connectivity index is 1.56. The van der Waals surface area contributed by atoms with Crippen LogP contribution in [0.3, 0.4) is 0 Å². The number of methoxy groups -OCH3 is 1. The molecule has 0 spiro atoms. The van der Waals surface area contributed by atoms with Crippen molar-refractivity contribution in [1.29, 1.82) is 0 Å². The number of hydrogen-bond acceptors (Lipinski definition) is 6. The van der Waals surface area contributed by atoms with Gasteiger partial charge in [-0.1, -0.05) is 54.6 Å². The van der Waals surface area contributed by atoms with Crippen LogP contribution in [0.1, 0.15) is 42.0 Å². The third-order valence-electron chi connectivity index (χ3n) is 7.17. The number of nitrogens with one attached hydrogen (secondary N) is 1. The summed E-state index contributed by atoms with van der Waals surface area (Å²) in [6.45, 7) is 1.11. The largest absolute Gasteiger partial charge is 0.497 e. The summed E-state index contributed by atoms with van der Waals surface area (Å²) in [4.78, 5) is 29.0. The number of carbonyl (C=O) groups is 2. The highest BCUT2D eigenvalue weighted by atomic mass is 32.2. The van der Waals surface area contributed by atoms with E-state index in [1.807, 2.05) is 30.3 Å². The summed E-state index contributed by atoms with van der Waals surface area (Å²) in [6.07, 6.45) is 2.23. The van der Waals surface area contributed by atoms with Gasteiger partial charge in [0.05, 0.1) is 18.6 Å². The quantitative estimate of drug-likeness (QED) is 0.321. The summed E-state index contributed by atoms with van der Waals surface area (Å²) in [5.41, 5.74) is 2.30. The fourth-order valence-corrected chi connectivity index (χ4v) is 6.45. The van der Waals surface area contributed by atoms with Crippen molar-refractivity contribution >= 4 is 21.8 Å². The van der Waals surface area contributed by atoms with Crippen molar-refractivity contribution < 1.29 is 27.9 Å². The van der Waals surface area contributed by atoms with Gasteiger partial charge in [-0.05, 0) is 60.2 Å². The van der Waals surface area contributed by atoms with Gasteiger partial charge in [0.15, 0.2) is 0 Å². The van der Waals surface area contributed by atoms with Gasteiger partial charge in [0.25, 0.3) is 0 Å². The van der Waals surface area contributed by atoms with Crippen LogP contribution in [0.4, 0.5) is 0 Å². The predicted molar refractivity (Wildman–Crippen MR) is 156 cm³/mol. The van der Waals surface area contributed by atoms with E-state index < -0.39 is 16.1 Å². The van der Waals surface area contributed by atoms with Crippen molar-refractivity contribution in [2.45, 2.75) is 43.2 Å². The molecule has 2 amide bonds. The molecule has 10 heteroatoms. The summed E-state index contributed by atoms with van der Waals surface area (Å²) in [5, 5.41) is 12.0. The molecule has 1 aliphatic rings. The van der Waals surface area contributed by atoms with Crippen LogP contribution in [-0.4, -0.2) is 67.9 Å². The second-order valence-electron chi connectivity index (χ2n) is 9.95. The van der Waals surface area contributed by atoms with Gasteiger partial charge in [-0.2, -0.15) is 4.31 Å². The standard InChI is InChI=1S/C31H37N3O6S/c1-40-27-14-9-25(10-15-27)23-34(30(31(37)32-19-22-35)26-7-3-2-4-8-26)29(36)18-13-24-11-16-28(17-12-24)41(38,39)33-20-5-6-21-33/h2-4,7-12,14-17,30,35H,5-6,13,18-23H2,1H3,(H,32,37). The Morgan fingerprint density at radius 1 is 0.951 bits per heavy atom. The Labute approximate surface area is 241 Å². The number of aliphatic hydroxyl groups is 1. The van der Waals surface area contributed by atoms with E-state index in [0.717, 1.165) is 24.0 Å². The van der Waals surface area contributed by atoms with Crippen molar-refractivity contribution in [3.63, 3.8) is 0 Å². The van der Waals surface area contributed by atoms with Crippen molar-refractivity contribution in [3.8, 4) is 5.75 Å². The van der Waals surface area contributed by atoms with E-state index in [9.17, 15) is 23.1 Å². The zero-order chi connectivity index (χ0) is 29.2. The molecular formula is C31H37N3O6S. The van der Waals surface area contributed by atoms with Gasteiger partial charge in [0, 0.05) is 32.6 Å². The van der Waals surface area contributed by atoms with Crippen LogP contribution in [0, 0.1) is 0 Å². The van der Waals surface area contributed by atoms with Gasteiger partial charge in [-0.3, -0.25) is 9.59 Å². The molecule has 1 saturated heterocycles. The van der Waals surface area contributed by atoms with E-state index in [4.69, 9.17) is 4.74 Å². The normalized spacial score (nSPS) is 14.4. The number of amides is 2. The first-order chi connectivity index (χ1) is 19.8. The van der Waals surface area contributed by atoms with Crippen molar-refractivity contribution in [3.05, 3.63) is 95.6 Å². The van der Waals surface area contributed by atoms with E-state index in [1.54, 1.807) is 60.5 Å². The maximum atomic E-state index is 13.8.